The Kier molecular flexibility index (Phi) is 6.25. The van der Waals surface area contributed by atoms with Crippen molar-refractivity contribution in [3.05, 3.63) is 24.3 Å². The molecule has 3 saturated carbocycles. The summed E-state index contributed by atoms with van der Waals surface area (Å²) in [6, 6.07) is 8.50. The quantitative estimate of drug-likeness (QED) is 0.586. The second kappa shape index (κ2) is 9.62. The molecule has 7 rings (SSSR count). The summed E-state index contributed by atoms with van der Waals surface area (Å²) in [6.07, 6.45) is 6.65. The zero-order chi connectivity index (χ0) is 25.1. The Balaban J connectivity index is 0.985. The average Bonchev–Trinajstić information content (AvgIpc) is 3.69. The van der Waals surface area contributed by atoms with Crippen LogP contribution in [0.5, 0.6) is 0 Å². The number of aliphatic hydroxyl groups is 1. The van der Waals surface area contributed by atoms with E-state index >= 15 is 0 Å². The van der Waals surface area contributed by atoms with E-state index in [-0.39, 0.29) is 42.1 Å². The van der Waals surface area contributed by atoms with E-state index in [0.717, 1.165) is 57.8 Å². The van der Waals surface area contributed by atoms with Gasteiger partial charge in [0.2, 0.25) is 11.8 Å². The van der Waals surface area contributed by atoms with Crippen LogP contribution in [0.15, 0.2) is 24.3 Å². The summed E-state index contributed by atoms with van der Waals surface area (Å²) >= 11 is 1.59. The Hall–Kier alpha value is -2.03. The molecule has 2 aliphatic heterocycles. The summed E-state index contributed by atoms with van der Waals surface area (Å²) in [4.78, 5) is 33.6. The number of benzene rings is 1. The number of hydrogen-bond acceptors (Lipinski definition) is 7. The van der Waals surface area contributed by atoms with Crippen molar-refractivity contribution >= 4 is 39.3 Å². The topological polar surface area (TPSA) is 77.0 Å². The van der Waals surface area contributed by atoms with Gasteiger partial charge in [-0.1, -0.05) is 25.0 Å². The third kappa shape index (κ3) is 4.02. The molecule has 7 unspecified atom stereocenters. The molecule has 1 N–H and O–H groups in total. The molecular formula is C29H38N4O3S. The second-order valence-corrected chi connectivity index (χ2v) is 13.1. The molecule has 0 spiro atoms. The molecule has 37 heavy (non-hydrogen) atoms. The molecule has 2 aromatic rings. The van der Waals surface area contributed by atoms with E-state index in [2.05, 4.69) is 34.1 Å². The van der Waals surface area contributed by atoms with Crippen LogP contribution in [0.2, 0.25) is 0 Å². The van der Waals surface area contributed by atoms with Gasteiger partial charge in [-0.2, -0.15) is 4.37 Å². The smallest absolute Gasteiger partial charge is 0.233 e. The number of likely N-dealkylation sites (tertiary alicyclic amines) is 1. The van der Waals surface area contributed by atoms with Gasteiger partial charge in [-0.3, -0.25) is 19.4 Å². The molecule has 8 heteroatoms. The molecule has 2 amide bonds. The maximum absolute atomic E-state index is 13.5. The lowest BCUT2D eigenvalue weighted by molar-refractivity contribution is -0.142. The fraction of sp³-hybridized carbons (Fsp3) is 0.690. The SMILES string of the molecule is O=C1C2C3CC(CO)C(C3)C2C(=O)N1CC1CCCCC1CN1CCN(c2nsc3ccccc23)CC1. The Morgan fingerprint density at radius 3 is 2.41 bits per heavy atom. The van der Waals surface area contributed by atoms with Gasteiger partial charge in [0.05, 0.1) is 16.5 Å². The highest BCUT2D eigenvalue weighted by molar-refractivity contribution is 7.13. The lowest BCUT2D eigenvalue weighted by atomic mass is 9.75. The number of carbonyl (C=O) groups excluding carboxylic acids is 2. The Morgan fingerprint density at radius 2 is 1.62 bits per heavy atom. The standard InChI is InChI=1S/C29H38N4O3S/c34-17-21-13-20-14-23(21)26-25(20)28(35)33(29(26)36)16-19-6-2-1-5-18(19)15-31-9-11-32(12-10-31)27-22-7-3-4-8-24(22)37-30-27/h3-4,7-8,18-21,23,25-26,34H,1-2,5-6,9-17H2. The fourth-order valence-corrected chi connectivity index (χ4v) is 9.41. The van der Waals surface area contributed by atoms with Crippen LogP contribution in [-0.2, 0) is 9.59 Å². The third-order valence-electron chi connectivity index (χ3n) is 10.5. The monoisotopic (exact) mass is 522 g/mol. The molecule has 3 aliphatic carbocycles. The molecule has 7 nitrogen and oxygen atoms in total. The summed E-state index contributed by atoms with van der Waals surface area (Å²) < 4.78 is 6.01. The molecular weight excluding hydrogens is 484 g/mol. The number of aliphatic hydroxyl groups excluding tert-OH is 1. The van der Waals surface area contributed by atoms with Gasteiger partial charge >= 0.3 is 0 Å². The summed E-state index contributed by atoms with van der Waals surface area (Å²) in [7, 11) is 0. The van der Waals surface area contributed by atoms with Gasteiger partial charge in [0.1, 0.15) is 5.82 Å². The first-order chi connectivity index (χ1) is 18.1. The van der Waals surface area contributed by atoms with Crippen molar-refractivity contribution < 1.29 is 14.7 Å². The number of imide groups is 1. The first-order valence-corrected chi connectivity index (χ1v) is 15.2. The molecule has 2 saturated heterocycles. The minimum Gasteiger partial charge on any atom is -0.396 e. The van der Waals surface area contributed by atoms with Crippen LogP contribution >= 0.6 is 11.5 Å². The molecule has 5 aliphatic rings. The number of hydrogen-bond donors (Lipinski definition) is 1. The number of piperazine rings is 1. The van der Waals surface area contributed by atoms with E-state index in [4.69, 9.17) is 4.37 Å². The summed E-state index contributed by atoms with van der Waals surface area (Å²) in [5.74, 6) is 2.75. The van der Waals surface area contributed by atoms with E-state index in [1.165, 1.54) is 29.3 Å². The fourth-order valence-electron chi connectivity index (χ4n) is 8.62. The van der Waals surface area contributed by atoms with Crippen LogP contribution in [0.4, 0.5) is 5.82 Å². The van der Waals surface area contributed by atoms with Gasteiger partial charge in [-0.15, -0.1) is 0 Å². The first-order valence-electron chi connectivity index (χ1n) is 14.4. The van der Waals surface area contributed by atoms with Gasteiger partial charge in [-0.25, -0.2) is 0 Å². The van der Waals surface area contributed by atoms with Crippen molar-refractivity contribution in [2.45, 2.75) is 38.5 Å². The lowest BCUT2D eigenvalue weighted by Crippen LogP contribution is -2.49. The van der Waals surface area contributed by atoms with Crippen LogP contribution in [0.1, 0.15) is 38.5 Å². The lowest BCUT2D eigenvalue weighted by Gasteiger charge is -2.40. The third-order valence-corrected chi connectivity index (χ3v) is 11.3. The van der Waals surface area contributed by atoms with Crippen LogP contribution in [0.3, 0.4) is 0 Å². The van der Waals surface area contributed by atoms with Crippen molar-refractivity contribution in [1.29, 1.82) is 0 Å². The van der Waals surface area contributed by atoms with Crippen molar-refractivity contribution in [3.8, 4) is 0 Å². The molecule has 1 aromatic heterocycles. The van der Waals surface area contributed by atoms with Crippen LogP contribution in [0, 0.1) is 41.4 Å². The molecule has 7 atom stereocenters. The van der Waals surface area contributed by atoms with Crippen molar-refractivity contribution in [1.82, 2.24) is 14.2 Å². The number of nitrogens with zero attached hydrogens (tertiary/aromatic N) is 4. The zero-order valence-corrected chi connectivity index (χ0v) is 22.3. The van der Waals surface area contributed by atoms with E-state index in [9.17, 15) is 14.7 Å². The highest BCUT2D eigenvalue weighted by atomic mass is 32.1. The highest BCUT2D eigenvalue weighted by Crippen LogP contribution is 2.58. The largest absolute Gasteiger partial charge is 0.396 e. The van der Waals surface area contributed by atoms with Gasteiger partial charge in [0, 0.05) is 51.3 Å². The zero-order valence-electron chi connectivity index (χ0n) is 21.5. The minimum absolute atomic E-state index is 0.0778. The first kappa shape index (κ1) is 24.0. The average molecular weight is 523 g/mol. The Morgan fingerprint density at radius 1 is 0.892 bits per heavy atom. The van der Waals surface area contributed by atoms with E-state index in [1.807, 2.05) is 0 Å². The number of carbonyl (C=O) groups is 2. The number of aromatic nitrogens is 1. The minimum atomic E-state index is -0.152. The van der Waals surface area contributed by atoms with E-state index in [1.54, 1.807) is 16.4 Å². The number of amides is 2. The molecule has 0 radical (unpaired) electrons. The van der Waals surface area contributed by atoms with Gasteiger partial charge in [-0.05, 0) is 78.9 Å². The molecule has 3 heterocycles. The number of anilines is 1. The van der Waals surface area contributed by atoms with Crippen LogP contribution in [-0.4, -0.2) is 77.0 Å². The maximum atomic E-state index is 13.5. The van der Waals surface area contributed by atoms with E-state index < -0.39 is 0 Å². The number of rotatable bonds is 6. The normalized spacial score (nSPS) is 36.2. The van der Waals surface area contributed by atoms with Gasteiger partial charge in [0.15, 0.2) is 0 Å². The van der Waals surface area contributed by atoms with Crippen LogP contribution < -0.4 is 4.90 Å². The second-order valence-electron chi connectivity index (χ2n) is 12.3. The van der Waals surface area contributed by atoms with Crippen molar-refractivity contribution in [2.24, 2.45) is 41.4 Å². The predicted molar refractivity (Wildman–Crippen MR) is 144 cm³/mol. The van der Waals surface area contributed by atoms with Crippen molar-refractivity contribution in [2.75, 3.05) is 50.8 Å². The molecule has 5 fully saturated rings. The van der Waals surface area contributed by atoms with E-state index in [0.29, 0.717) is 24.3 Å². The highest BCUT2D eigenvalue weighted by Gasteiger charge is 2.63. The summed E-state index contributed by atoms with van der Waals surface area (Å²) in [5, 5.41) is 11.0. The number of fused-ring (bicyclic) bond motifs is 6. The van der Waals surface area contributed by atoms with Crippen LogP contribution in [0.25, 0.3) is 10.1 Å². The molecule has 1 aromatic carbocycles. The van der Waals surface area contributed by atoms with Gasteiger partial charge in [0.25, 0.3) is 0 Å². The Bertz CT molecular complexity index is 1180. The predicted octanol–water partition coefficient (Wildman–Crippen LogP) is 3.47. The molecule has 198 valence electrons. The van der Waals surface area contributed by atoms with Crippen molar-refractivity contribution in [3.63, 3.8) is 0 Å². The summed E-state index contributed by atoms with van der Waals surface area (Å²) in [6.45, 7) is 5.89. The Labute approximate surface area is 223 Å². The molecule has 2 bridgehead atoms. The van der Waals surface area contributed by atoms with Gasteiger partial charge < -0.3 is 10.0 Å². The maximum Gasteiger partial charge on any atom is 0.233 e. The summed E-state index contributed by atoms with van der Waals surface area (Å²) in [5.41, 5.74) is 0.